The molecule has 2 fully saturated rings. The first-order valence-electron chi connectivity index (χ1n) is 12.3. The predicted octanol–water partition coefficient (Wildman–Crippen LogP) is 1.96. The molecule has 1 aromatic carbocycles. The van der Waals surface area contributed by atoms with E-state index in [0.29, 0.717) is 24.5 Å². The van der Waals surface area contributed by atoms with Crippen molar-refractivity contribution in [1.29, 1.82) is 0 Å². The quantitative estimate of drug-likeness (QED) is 0.632. The van der Waals surface area contributed by atoms with Crippen LogP contribution < -0.4 is 5.32 Å². The van der Waals surface area contributed by atoms with Crippen molar-refractivity contribution in [2.24, 2.45) is 0 Å². The lowest BCUT2D eigenvalue weighted by molar-refractivity contribution is -0.121. The second kappa shape index (κ2) is 11.0. The van der Waals surface area contributed by atoms with Crippen molar-refractivity contribution in [3.05, 3.63) is 30.5 Å². The van der Waals surface area contributed by atoms with Gasteiger partial charge in [0.1, 0.15) is 6.54 Å². The van der Waals surface area contributed by atoms with Crippen LogP contribution in [0, 0.1) is 0 Å². The maximum atomic E-state index is 13.1. The molecule has 1 aromatic heterocycles. The van der Waals surface area contributed by atoms with E-state index in [-0.39, 0.29) is 12.5 Å². The fourth-order valence-electron chi connectivity index (χ4n) is 4.80. The minimum atomic E-state index is -3.48. The van der Waals surface area contributed by atoms with Gasteiger partial charge in [-0.3, -0.25) is 9.69 Å². The van der Waals surface area contributed by atoms with Crippen molar-refractivity contribution in [2.45, 2.75) is 44.0 Å². The summed E-state index contributed by atoms with van der Waals surface area (Å²) in [5.74, 6) is -0.0269. The van der Waals surface area contributed by atoms with Crippen molar-refractivity contribution in [3.8, 4) is 0 Å². The zero-order valence-electron chi connectivity index (χ0n) is 19.7. The summed E-state index contributed by atoms with van der Waals surface area (Å²) in [4.78, 5) is 17.7. The van der Waals surface area contributed by atoms with Gasteiger partial charge in [0.25, 0.3) is 0 Å². The molecule has 0 unspecified atom stereocenters. The Morgan fingerprint density at radius 2 is 1.64 bits per heavy atom. The van der Waals surface area contributed by atoms with Gasteiger partial charge in [0.15, 0.2) is 0 Å². The van der Waals surface area contributed by atoms with Gasteiger partial charge in [0, 0.05) is 69.5 Å². The first kappa shape index (κ1) is 24.2. The summed E-state index contributed by atoms with van der Waals surface area (Å²) < 4.78 is 29.7. The van der Waals surface area contributed by atoms with Gasteiger partial charge in [0.2, 0.25) is 15.9 Å². The second-order valence-electron chi connectivity index (χ2n) is 9.11. The van der Waals surface area contributed by atoms with Crippen molar-refractivity contribution in [3.63, 3.8) is 0 Å². The molecule has 2 aliphatic rings. The zero-order chi connectivity index (χ0) is 23.3. The van der Waals surface area contributed by atoms with E-state index in [1.807, 2.05) is 22.9 Å². The lowest BCUT2D eigenvalue weighted by Gasteiger charge is -2.33. The highest BCUT2D eigenvalue weighted by Crippen LogP contribution is 2.25. The minimum absolute atomic E-state index is 0.0269. The van der Waals surface area contributed by atoms with Crippen LogP contribution in [0.25, 0.3) is 10.9 Å². The summed E-state index contributed by atoms with van der Waals surface area (Å²) in [6.07, 6.45) is 5.87. The third-order valence-corrected chi connectivity index (χ3v) is 8.82. The van der Waals surface area contributed by atoms with E-state index < -0.39 is 10.0 Å². The molecule has 0 saturated carbocycles. The normalized spacial score (nSPS) is 19.5. The highest BCUT2D eigenvalue weighted by molar-refractivity contribution is 7.89. The first-order valence-corrected chi connectivity index (χ1v) is 13.7. The summed E-state index contributed by atoms with van der Waals surface area (Å²) in [6.45, 7) is 10.5. The maximum absolute atomic E-state index is 13.1. The van der Waals surface area contributed by atoms with E-state index >= 15 is 0 Å². The Morgan fingerprint density at radius 1 is 0.939 bits per heavy atom. The van der Waals surface area contributed by atoms with E-state index in [4.69, 9.17) is 0 Å². The Labute approximate surface area is 197 Å². The molecule has 2 aliphatic heterocycles. The van der Waals surface area contributed by atoms with Crippen LogP contribution in [0.2, 0.25) is 0 Å². The third-order valence-electron chi connectivity index (χ3n) is 6.92. The fraction of sp³-hybridized carbons (Fsp3) is 0.625. The lowest BCUT2D eigenvalue weighted by Crippen LogP contribution is -2.48. The Balaban J connectivity index is 1.33. The number of carbonyl (C=O) groups excluding carboxylic acids is 1. The number of likely N-dealkylation sites (N-methyl/N-ethyl adjacent to an activating group) is 1. The number of hydrogen-bond acceptors (Lipinski definition) is 5. The topological polar surface area (TPSA) is 77.9 Å². The van der Waals surface area contributed by atoms with Crippen LogP contribution in [0.5, 0.6) is 0 Å². The molecule has 8 nitrogen and oxygen atoms in total. The zero-order valence-corrected chi connectivity index (χ0v) is 20.5. The molecule has 2 saturated heterocycles. The molecule has 182 valence electrons. The monoisotopic (exact) mass is 475 g/mol. The molecule has 0 radical (unpaired) electrons. The van der Waals surface area contributed by atoms with Crippen LogP contribution in [0.3, 0.4) is 0 Å². The molecular formula is C24H37N5O3S. The third kappa shape index (κ3) is 5.95. The summed E-state index contributed by atoms with van der Waals surface area (Å²) in [6, 6.07) is 7.12. The number of sulfonamides is 1. The molecule has 0 bridgehead atoms. The van der Waals surface area contributed by atoms with Gasteiger partial charge in [-0.1, -0.05) is 19.8 Å². The number of nitrogens with zero attached hydrogens (tertiary/aromatic N) is 4. The van der Waals surface area contributed by atoms with Gasteiger partial charge in [-0.15, -0.1) is 0 Å². The number of hydrogen-bond donors (Lipinski definition) is 1. The van der Waals surface area contributed by atoms with Crippen LogP contribution in [0.4, 0.5) is 0 Å². The number of aromatic nitrogens is 1. The number of rotatable bonds is 8. The smallest absolute Gasteiger partial charge is 0.243 e. The van der Waals surface area contributed by atoms with E-state index in [1.165, 1.54) is 0 Å². The molecule has 1 amide bonds. The van der Waals surface area contributed by atoms with Crippen molar-refractivity contribution >= 4 is 26.8 Å². The van der Waals surface area contributed by atoms with Gasteiger partial charge in [0.05, 0.1) is 4.90 Å². The molecule has 4 rings (SSSR count). The number of amides is 1. The summed E-state index contributed by atoms with van der Waals surface area (Å²) in [5, 5.41) is 3.87. The first-order chi connectivity index (χ1) is 16.0. The molecule has 0 aliphatic carbocycles. The number of piperazine rings is 1. The van der Waals surface area contributed by atoms with E-state index in [1.54, 1.807) is 16.4 Å². The van der Waals surface area contributed by atoms with Gasteiger partial charge in [-0.25, -0.2) is 8.42 Å². The minimum Gasteiger partial charge on any atom is -0.353 e. The van der Waals surface area contributed by atoms with Gasteiger partial charge >= 0.3 is 0 Å². The largest absolute Gasteiger partial charge is 0.353 e. The molecule has 0 atom stereocenters. The average molecular weight is 476 g/mol. The van der Waals surface area contributed by atoms with Gasteiger partial charge in [-0.2, -0.15) is 4.31 Å². The van der Waals surface area contributed by atoms with Crippen LogP contribution in [-0.2, 0) is 21.4 Å². The van der Waals surface area contributed by atoms with Crippen LogP contribution >= 0.6 is 0 Å². The number of carbonyl (C=O) groups is 1. The summed E-state index contributed by atoms with van der Waals surface area (Å²) >= 11 is 0. The SMILES string of the molecule is CCN1CCN(CCNC(=O)Cn2ccc3cc(S(=O)(=O)N4CCCCCC4)ccc32)CC1. The molecule has 2 aromatic rings. The van der Waals surface area contributed by atoms with Gasteiger partial charge < -0.3 is 14.8 Å². The molecule has 1 N–H and O–H groups in total. The second-order valence-corrected chi connectivity index (χ2v) is 11.0. The summed E-state index contributed by atoms with van der Waals surface area (Å²) in [5.41, 5.74) is 0.871. The van der Waals surface area contributed by atoms with Crippen LogP contribution in [0.15, 0.2) is 35.4 Å². The van der Waals surface area contributed by atoms with E-state index in [2.05, 4.69) is 22.0 Å². The Hall–Kier alpha value is -1.94. The Kier molecular flexibility index (Phi) is 8.06. The van der Waals surface area contributed by atoms with Crippen LogP contribution in [-0.4, -0.2) is 91.9 Å². The molecule has 9 heteroatoms. The fourth-order valence-corrected chi connectivity index (χ4v) is 6.35. The number of nitrogens with one attached hydrogen (secondary N) is 1. The van der Waals surface area contributed by atoms with Gasteiger partial charge in [-0.05, 0) is 43.7 Å². The predicted molar refractivity (Wildman–Crippen MR) is 131 cm³/mol. The molecule has 33 heavy (non-hydrogen) atoms. The molecular weight excluding hydrogens is 438 g/mol. The van der Waals surface area contributed by atoms with Crippen molar-refractivity contribution < 1.29 is 13.2 Å². The Bertz CT molecular complexity index is 1040. The van der Waals surface area contributed by atoms with Crippen molar-refractivity contribution in [2.75, 3.05) is 58.9 Å². The van der Waals surface area contributed by atoms with Crippen LogP contribution in [0.1, 0.15) is 32.6 Å². The summed E-state index contributed by atoms with van der Waals surface area (Å²) in [7, 11) is -3.48. The number of benzene rings is 1. The Morgan fingerprint density at radius 3 is 2.33 bits per heavy atom. The highest BCUT2D eigenvalue weighted by atomic mass is 32.2. The van der Waals surface area contributed by atoms with E-state index in [9.17, 15) is 13.2 Å². The van der Waals surface area contributed by atoms with E-state index in [0.717, 1.165) is 75.9 Å². The average Bonchev–Trinajstić information content (AvgIpc) is 3.02. The maximum Gasteiger partial charge on any atom is 0.243 e. The highest BCUT2D eigenvalue weighted by Gasteiger charge is 2.25. The number of fused-ring (bicyclic) bond motifs is 1. The molecule has 0 spiro atoms. The van der Waals surface area contributed by atoms with Crippen molar-refractivity contribution in [1.82, 2.24) is 24.0 Å². The standard InChI is InChI=1S/C24H37N5O3S/c1-2-26-15-17-27(18-16-26)14-10-25-24(30)20-28-13-9-21-19-22(7-8-23(21)28)33(31,32)29-11-5-3-4-6-12-29/h7-9,13,19H,2-6,10-12,14-18,20H2,1H3,(H,25,30). The lowest BCUT2D eigenvalue weighted by atomic mass is 10.2. The molecule has 3 heterocycles.